The Morgan fingerprint density at radius 2 is 2.22 bits per heavy atom. The van der Waals surface area contributed by atoms with Crippen LogP contribution in [0.2, 0.25) is 0 Å². The van der Waals surface area contributed by atoms with Gasteiger partial charge in [0.1, 0.15) is 0 Å². The zero-order valence-electron chi connectivity index (χ0n) is 5.76. The molecule has 0 rings (SSSR count). The van der Waals surface area contributed by atoms with Crippen LogP contribution in [0, 0.1) is 0 Å². The van der Waals surface area contributed by atoms with E-state index in [9.17, 15) is 0 Å². The number of allylic oxidation sites excluding steroid dienone is 2. The molecule has 0 bridgehead atoms. The van der Waals surface area contributed by atoms with Gasteiger partial charge in [0, 0.05) is 5.71 Å². The van der Waals surface area contributed by atoms with Gasteiger partial charge in [-0.1, -0.05) is 12.7 Å². The van der Waals surface area contributed by atoms with Crippen molar-refractivity contribution < 1.29 is 0 Å². The molecule has 1 nitrogen and oxygen atoms in total. The van der Waals surface area contributed by atoms with E-state index in [0.29, 0.717) is 5.03 Å². The van der Waals surface area contributed by atoms with Crippen molar-refractivity contribution in [2.24, 2.45) is 4.99 Å². The quantitative estimate of drug-likeness (QED) is 0.448. The van der Waals surface area contributed by atoms with Gasteiger partial charge in [0.05, 0.1) is 5.03 Å². The normalized spacial score (nSPS) is 12.6. The predicted molar refractivity (Wildman–Crippen MR) is 46.0 cm³/mol. The fourth-order valence-corrected chi connectivity index (χ4v) is 0.640. The Hall–Kier alpha value is -0.500. The number of rotatable bonds is 2. The molecule has 0 aromatic carbocycles. The van der Waals surface area contributed by atoms with Crippen LogP contribution in [0.4, 0.5) is 0 Å². The lowest BCUT2D eigenvalue weighted by molar-refractivity contribution is 1.52. The highest BCUT2D eigenvalue weighted by molar-refractivity contribution is 7.84. The van der Waals surface area contributed by atoms with Gasteiger partial charge in [0.2, 0.25) is 0 Å². The molecule has 0 saturated heterocycles. The lowest BCUT2D eigenvalue weighted by Crippen LogP contribution is -1.81. The first-order valence-corrected chi connectivity index (χ1v) is 3.17. The second kappa shape index (κ2) is 4.39. The third kappa shape index (κ3) is 5.37. The smallest absolute Gasteiger partial charge is 0.0860 e. The lowest BCUT2D eigenvalue weighted by Gasteiger charge is -1.88. The van der Waals surface area contributed by atoms with Gasteiger partial charge in [-0.3, -0.25) is 0 Å². The van der Waals surface area contributed by atoms with Crippen LogP contribution < -0.4 is 0 Å². The SMILES string of the molecule is C=C(S)/N=C(C)\C=C/C. The minimum atomic E-state index is 0.547. The number of hydrogen-bond acceptors (Lipinski definition) is 2. The molecule has 0 atom stereocenters. The summed E-state index contributed by atoms with van der Waals surface area (Å²) in [6, 6.07) is 0. The summed E-state index contributed by atoms with van der Waals surface area (Å²) in [5.74, 6) is 0. The largest absolute Gasteiger partial charge is 0.248 e. The first-order chi connectivity index (χ1) is 4.16. The molecule has 0 aromatic rings. The van der Waals surface area contributed by atoms with E-state index < -0.39 is 0 Å². The summed E-state index contributed by atoms with van der Waals surface area (Å²) in [6.45, 7) is 7.37. The minimum absolute atomic E-state index is 0.547. The Bertz CT molecular complexity index is 156. The summed E-state index contributed by atoms with van der Waals surface area (Å²) in [5, 5.41) is 0.547. The van der Waals surface area contributed by atoms with Crippen LogP contribution in [-0.4, -0.2) is 5.71 Å². The average molecular weight is 141 g/mol. The molecule has 50 valence electrons. The van der Waals surface area contributed by atoms with Crippen molar-refractivity contribution in [1.82, 2.24) is 0 Å². The molecule has 2 heteroatoms. The number of hydrogen-bond donors (Lipinski definition) is 1. The summed E-state index contributed by atoms with van der Waals surface area (Å²) >= 11 is 3.91. The van der Waals surface area contributed by atoms with Crippen LogP contribution in [0.5, 0.6) is 0 Å². The van der Waals surface area contributed by atoms with Gasteiger partial charge in [-0.15, -0.1) is 12.6 Å². The van der Waals surface area contributed by atoms with E-state index in [1.54, 1.807) is 0 Å². The van der Waals surface area contributed by atoms with Crippen LogP contribution in [0.15, 0.2) is 28.8 Å². The first-order valence-electron chi connectivity index (χ1n) is 2.72. The molecule has 0 aromatic heterocycles. The molecule has 0 aliphatic heterocycles. The van der Waals surface area contributed by atoms with E-state index in [1.165, 1.54) is 0 Å². The van der Waals surface area contributed by atoms with Crippen molar-refractivity contribution in [1.29, 1.82) is 0 Å². The molecule has 0 saturated carbocycles. The molecular weight excluding hydrogens is 130 g/mol. The van der Waals surface area contributed by atoms with E-state index in [4.69, 9.17) is 0 Å². The van der Waals surface area contributed by atoms with E-state index in [0.717, 1.165) is 5.71 Å². The minimum Gasteiger partial charge on any atom is -0.248 e. The molecule has 0 aliphatic rings. The van der Waals surface area contributed by atoms with Gasteiger partial charge in [0.25, 0.3) is 0 Å². The van der Waals surface area contributed by atoms with Gasteiger partial charge in [0.15, 0.2) is 0 Å². The Labute approximate surface area is 61.6 Å². The van der Waals surface area contributed by atoms with Gasteiger partial charge in [-0.25, -0.2) is 4.99 Å². The van der Waals surface area contributed by atoms with E-state index in [-0.39, 0.29) is 0 Å². The summed E-state index contributed by atoms with van der Waals surface area (Å²) in [5.41, 5.74) is 0.928. The Kier molecular flexibility index (Phi) is 4.14. The maximum absolute atomic E-state index is 3.97. The fourth-order valence-electron chi connectivity index (χ4n) is 0.482. The van der Waals surface area contributed by atoms with Gasteiger partial charge in [-0.05, 0) is 19.9 Å². The second-order valence-corrected chi connectivity index (χ2v) is 2.19. The summed E-state index contributed by atoms with van der Waals surface area (Å²) < 4.78 is 0. The third-order valence-electron chi connectivity index (χ3n) is 0.713. The van der Waals surface area contributed by atoms with Crippen molar-refractivity contribution >= 4 is 18.3 Å². The van der Waals surface area contributed by atoms with Crippen molar-refractivity contribution in [2.45, 2.75) is 13.8 Å². The maximum Gasteiger partial charge on any atom is 0.0860 e. The highest BCUT2D eigenvalue weighted by Gasteiger charge is 1.80. The van der Waals surface area contributed by atoms with Crippen LogP contribution >= 0.6 is 12.6 Å². The molecule has 0 unspecified atom stereocenters. The molecule has 0 aliphatic carbocycles. The van der Waals surface area contributed by atoms with Crippen molar-refractivity contribution in [3.8, 4) is 0 Å². The molecule has 0 N–H and O–H groups in total. The maximum atomic E-state index is 3.97. The Balaban J connectivity index is 4.00. The molecule has 0 amide bonds. The zero-order valence-corrected chi connectivity index (χ0v) is 6.65. The van der Waals surface area contributed by atoms with Crippen LogP contribution in [0.3, 0.4) is 0 Å². The molecule has 0 heterocycles. The van der Waals surface area contributed by atoms with E-state index >= 15 is 0 Å². The average Bonchev–Trinajstić information content (AvgIpc) is 1.63. The highest BCUT2D eigenvalue weighted by Crippen LogP contribution is 1.97. The first kappa shape index (κ1) is 8.50. The second-order valence-electron chi connectivity index (χ2n) is 1.67. The summed E-state index contributed by atoms with van der Waals surface area (Å²) in [6.07, 6.45) is 3.83. The van der Waals surface area contributed by atoms with Gasteiger partial charge >= 0.3 is 0 Å². The van der Waals surface area contributed by atoms with Gasteiger partial charge < -0.3 is 0 Å². The molecule has 0 fully saturated rings. The fraction of sp³-hybridized carbons (Fsp3) is 0.286. The molecule has 0 radical (unpaired) electrons. The monoisotopic (exact) mass is 141 g/mol. The van der Waals surface area contributed by atoms with E-state index in [2.05, 4.69) is 24.2 Å². The predicted octanol–water partition coefficient (Wildman–Crippen LogP) is 2.42. The van der Waals surface area contributed by atoms with Crippen LogP contribution in [0.1, 0.15) is 13.8 Å². The topological polar surface area (TPSA) is 12.4 Å². The Morgan fingerprint density at radius 3 is 2.56 bits per heavy atom. The van der Waals surface area contributed by atoms with Gasteiger partial charge in [-0.2, -0.15) is 0 Å². The van der Waals surface area contributed by atoms with Crippen molar-refractivity contribution in [2.75, 3.05) is 0 Å². The highest BCUT2D eigenvalue weighted by atomic mass is 32.1. The molecule has 0 spiro atoms. The van der Waals surface area contributed by atoms with Crippen molar-refractivity contribution in [3.05, 3.63) is 23.8 Å². The molecule has 9 heavy (non-hydrogen) atoms. The zero-order chi connectivity index (χ0) is 7.28. The Morgan fingerprint density at radius 1 is 1.67 bits per heavy atom. The summed E-state index contributed by atoms with van der Waals surface area (Å²) in [4.78, 5) is 3.97. The molecular formula is C7H11NS. The van der Waals surface area contributed by atoms with Crippen molar-refractivity contribution in [3.63, 3.8) is 0 Å². The van der Waals surface area contributed by atoms with E-state index in [1.807, 2.05) is 26.0 Å². The number of thiol groups is 1. The number of nitrogens with zero attached hydrogens (tertiary/aromatic N) is 1. The summed E-state index contributed by atoms with van der Waals surface area (Å²) in [7, 11) is 0. The lowest BCUT2D eigenvalue weighted by atomic mass is 10.4. The standard InChI is InChI=1S/C7H11NS/c1-4-5-6(2)8-7(3)9/h4-5,9H,3H2,1-2H3/b5-4-,8-6-. The number of aliphatic imine (C=N–C) groups is 1. The third-order valence-corrected chi connectivity index (χ3v) is 0.813. The van der Waals surface area contributed by atoms with Crippen LogP contribution in [0.25, 0.3) is 0 Å². The van der Waals surface area contributed by atoms with Crippen LogP contribution in [-0.2, 0) is 0 Å².